The molecule has 3 aromatic rings. The zero-order valence-corrected chi connectivity index (χ0v) is 24.3. The van der Waals surface area contributed by atoms with Crippen LogP contribution in [-0.2, 0) is 15.4 Å². The fourth-order valence-electron chi connectivity index (χ4n) is 4.91. The number of piperidine rings is 1. The molecule has 1 aliphatic heterocycles. The molecule has 4 rings (SSSR count). The van der Waals surface area contributed by atoms with E-state index in [0.29, 0.717) is 41.7 Å². The quantitative estimate of drug-likeness (QED) is 0.437. The summed E-state index contributed by atoms with van der Waals surface area (Å²) in [6.07, 6.45) is 1.75. The molecule has 0 unspecified atom stereocenters. The van der Waals surface area contributed by atoms with Crippen molar-refractivity contribution in [3.63, 3.8) is 0 Å². The fraction of sp³-hybridized carbons (Fsp3) is 0.444. The summed E-state index contributed by atoms with van der Waals surface area (Å²) in [5.41, 5.74) is 1.82. The van der Waals surface area contributed by atoms with Gasteiger partial charge in [-0.3, -0.25) is 4.79 Å². The minimum Gasteiger partial charge on any atom is -0.449 e. The maximum atomic E-state index is 14.2. The minimum atomic E-state index is -3.68. The molecular weight excluding hydrogens is 547 g/mol. The summed E-state index contributed by atoms with van der Waals surface area (Å²) in [7, 11) is -3.68. The van der Waals surface area contributed by atoms with E-state index in [4.69, 9.17) is 16.0 Å². The van der Waals surface area contributed by atoms with E-state index in [0.717, 1.165) is 11.8 Å². The van der Waals surface area contributed by atoms with Crippen LogP contribution in [0.1, 0.15) is 63.6 Å². The molecule has 0 bridgehead atoms. The molecule has 2 aromatic heterocycles. The summed E-state index contributed by atoms with van der Waals surface area (Å²) >= 11 is 5.86. The summed E-state index contributed by atoms with van der Waals surface area (Å²) in [4.78, 5) is 32.0. The van der Waals surface area contributed by atoms with Crippen molar-refractivity contribution >= 4 is 44.7 Å². The molecule has 1 saturated heterocycles. The number of urea groups is 1. The van der Waals surface area contributed by atoms with Crippen LogP contribution in [0.2, 0.25) is 5.02 Å². The van der Waals surface area contributed by atoms with E-state index >= 15 is 0 Å². The standard InChI is InChI=1S/C27H32ClFN4O5S/c1-26(2,3)17-12-20(15-7-8-18(28)19(29)11-15)31-21-13-22(38-23(17)21)24(34)33-10-9-16(14-27(33,4)5)30-25(35)32-39(6,36)37/h7-8,11-13,16H,9-10,14H2,1-6H3,(H2,30,32,35)/t16-/m1/s1. The van der Waals surface area contributed by atoms with Gasteiger partial charge in [0.2, 0.25) is 10.0 Å². The highest BCUT2D eigenvalue weighted by Gasteiger charge is 2.40. The first-order valence-corrected chi connectivity index (χ1v) is 14.7. The molecule has 0 saturated carbocycles. The first-order valence-electron chi connectivity index (χ1n) is 12.5. The van der Waals surface area contributed by atoms with Crippen LogP contribution >= 0.6 is 11.6 Å². The lowest BCUT2D eigenvalue weighted by Crippen LogP contribution is -2.58. The van der Waals surface area contributed by atoms with Crippen molar-refractivity contribution in [2.75, 3.05) is 12.8 Å². The molecule has 3 heterocycles. The molecule has 1 aliphatic rings. The van der Waals surface area contributed by atoms with Gasteiger partial charge in [0.05, 0.1) is 17.0 Å². The SMILES string of the molecule is CC(C)(C)c1cc(-c2ccc(Cl)c(F)c2)nc2cc(C(=O)N3CC[C@@H](NC(=O)NS(C)(=O)=O)CC3(C)C)oc12. The second-order valence-electron chi connectivity index (χ2n) is 11.6. The van der Waals surface area contributed by atoms with E-state index in [1.165, 1.54) is 12.1 Å². The number of pyridine rings is 1. The van der Waals surface area contributed by atoms with Crippen LogP contribution in [0.25, 0.3) is 22.4 Å². The lowest BCUT2D eigenvalue weighted by Gasteiger charge is -2.45. The summed E-state index contributed by atoms with van der Waals surface area (Å²) < 4.78 is 44.9. The number of sulfonamides is 1. The Morgan fingerprint density at radius 2 is 1.90 bits per heavy atom. The van der Waals surface area contributed by atoms with Gasteiger partial charge in [0.1, 0.15) is 11.3 Å². The lowest BCUT2D eigenvalue weighted by atomic mass is 9.86. The Kier molecular flexibility index (Phi) is 7.46. The normalized spacial score (nSPS) is 17.7. The summed E-state index contributed by atoms with van der Waals surface area (Å²) in [6, 6.07) is 6.81. The van der Waals surface area contributed by atoms with Crippen molar-refractivity contribution in [3.8, 4) is 11.3 Å². The molecule has 0 aliphatic carbocycles. The van der Waals surface area contributed by atoms with Crippen molar-refractivity contribution in [3.05, 3.63) is 52.5 Å². The number of carbonyl (C=O) groups excluding carboxylic acids is 2. The molecule has 1 atom stereocenters. The van der Waals surface area contributed by atoms with Crippen LogP contribution in [0.15, 0.2) is 34.7 Å². The Bertz CT molecular complexity index is 1560. The first kappa shape index (κ1) is 28.8. The van der Waals surface area contributed by atoms with Crippen molar-refractivity contribution < 1.29 is 26.8 Å². The van der Waals surface area contributed by atoms with E-state index in [2.05, 4.69) is 10.3 Å². The van der Waals surface area contributed by atoms with Crippen molar-refractivity contribution in [2.24, 2.45) is 0 Å². The van der Waals surface area contributed by atoms with Gasteiger partial charge in [0, 0.05) is 35.3 Å². The summed E-state index contributed by atoms with van der Waals surface area (Å²) in [5, 5.41) is 2.69. The van der Waals surface area contributed by atoms with Gasteiger partial charge in [0.25, 0.3) is 5.91 Å². The van der Waals surface area contributed by atoms with E-state index < -0.39 is 27.4 Å². The molecule has 1 fully saturated rings. The topological polar surface area (TPSA) is 122 Å². The average molecular weight is 579 g/mol. The highest BCUT2D eigenvalue weighted by Crippen LogP contribution is 2.36. The minimum absolute atomic E-state index is 0.0182. The number of hydrogen-bond donors (Lipinski definition) is 2. The monoisotopic (exact) mass is 578 g/mol. The Balaban J connectivity index is 1.64. The van der Waals surface area contributed by atoms with Gasteiger partial charge in [-0.05, 0) is 50.3 Å². The number of amides is 3. The molecule has 0 radical (unpaired) electrons. The highest BCUT2D eigenvalue weighted by molar-refractivity contribution is 7.89. The number of halogens is 2. The molecule has 1 aromatic carbocycles. The number of hydrogen-bond acceptors (Lipinski definition) is 6. The second kappa shape index (κ2) is 10.1. The molecule has 210 valence electrons. The molecule has 2 N–H and O–H groups in total. The van der Waals surface area contributed by atoms with Crippen LogP contribution in [0.4, 0.5) is 9.18 Å². The van der Waals surface area contributed by atoms with Crippen LogP contribution in [0, 0.1) is 5.82 Å². The number of benzene rings is 1. The Morgan fingerprint density at radius 3 is 2.49 bits per heavy atom. The third-order valence-corrected chi connectivity index (χ3v) is 7.61. The van der Waals surface area contributed by atoms with Crippen molar-refractivity contribution in [1.29, 1.82) is 0 Å². The maximum absolute atomic E-state index is 14.2. The predicted molar refractivity (Wildman–Crippen MR) is 148 cm³/mol. The van der Waals surface area contributed by atoms with E-state index in [9.17, 15) is 22.4 Å². The van der Waals surface area contributed by atoms with Gasteiger partial charge < -0.3 is 14.6 Å². The molecule has 12 heteroatoms. The van der Waals surface area contributed by atoms with Gasteiger partial charge >= 0.3 is 6.03 Å². The van der Waals surface area contributed by atoms with Gasteiger partial charge in [-0.15, -0.1) is 0 Å². The maximum Gasteiger partial charge on any atom is 0.328 e. The number of fused-ring (bicyclic) bond motifs is 1. The number of nitrogens with one attached hydrogen (secondary N) is 2. The third kappa shape index (κ3) is 6.36. The number of carbonyl (C=O) groups is 2. The zero-order chi connectivity index (χ0) is 28.9. The second-order valence-corrected chi connectivity index (χ2v) is 13.7. The summed E-state index contributed by atoms with van der Waals surface area (Å²) in [5.74, 6) is -0.752. The smallest absolute Gasteiger partial charge is 0.328 e. The van der Waals surface area contributed by atoms with E-state index in [1.54, 1.807) is 17.0 Å². The van der Waals surface area contributed by atoms with Crippen LogP contribution in [0.5, 0.6) is 0 Å². The number of rotatable bonds is 4. The van der Waals surface area contributed by atoms with Crippen LogP contribution in [0.3, 0.4) is 0 Å². The van der Waals surface area contributed by atoms with E-state index in [-0.39, 0.29) is 28.1 Å². The van der Waals surface area contributed by atoms with E-state index in [1.807, 2.05) is 45.4 Å². The lowest BCUT2D eigenvalue weighted by molar-refractivity contribution is 0.0352. The molecular formula is C27H32ClFN4O5S. The first-order chi connectivity index (χ1) is 17.9. The number of nitrogens with zero attached hydrogens (tertiary/aromatic N) is 2. The number of furan rings is 1. The Labute approximate surface area is 232 Å². The number of likely N-dealkylation sites (tertiary alicyclic amines) is 1. The Hall–Kier alpha value is -3.18. The van der Waals surface area contributed by atoms with Crippen LogP contribution < -0.4 is 10.0 Å². The van der Waals surface area contributed by atoms with Crippen LogP contribution in [-0.4, -0.2) is 54.6 Å². The van der Waals surface area contributed by atoms with Gasteiger partial charge in [0.15, 0.2) is 11.3 Å². The molecule has 9 nitrogen and oxygen atoms in total. The van der Waals surface area contributed by atoms with Gasteiger partial charge in [-0.2, -0.15) is 0 Å². The molecule has 0 spiro atoms. The highest BCUT2D eigenvalue weighted by atomic mass is 35.5. The molecule has 39 heavy (non-hydrogen) atoms. The fourth-order valence-corrected chi connectivity index (χ4v) is 5.42. The third-order valence-electron chi connectivity index (χ3n) is 6.75. The molecule has 3 amide bonds. The van der Waals surface area contributed by atoms with Crippen molar-refractivity contribution in [2.45, 2.75) is 64.5 Å². The van der Waals surface area contributed by atoms with Gasteiger partial charge in [-0.1, -0.05) is 38.4 Å². The predicted octanol–water partition coefficient (Wildman–Crippen LogP) is 5.23. The Morgan fingerprint density at radius 1 is 1.21 bits per heavy atom. The largest absolute Gasteiger partial charge is 0.449 e. The zero-order valence-electron chi connectivity index (χ0n) is 22.7. The number of aromatic nitrogens is 1. The summed E-state index contributed by atoms with van der Waals surface area (Å²) in [6.45, 7) is 10.1. The average Bonchev–Trinajstić information content (AvgIpc) is 3.21. The van der Waals surface area contributed by atoms with Crippen molar-refractivity contribution in [1.82, 2.24) is 19.9 Å². The van der Waals surface area contributed by atoms with Gasteiger partial charge in [-0.25, -0.2) is 27.3 Å².